The second kappa shape index (κ2) is 5.86. The van der Waals surface area contributed by atoms with Gasteiger partial charge in [0, 0.05) is 24.8 Å². The first-order chi connectivity index (χ1) is 8.95. The van der Waals surface area contributed by atoms with Crippen LogP contribution in [0.1, 0.15) is 20.3 Å². The molecule has 1 aromatic heterocycles. The van der Waals surface area contributed by atoms with Gasteiger partial charge in [-0.1, -0.05) is 6.92 Å². The number of anilines is 1. The van der Waals surface area contributed by atoms with Crippen molar-refractivity contribution in [1.29, 1.82) is 0 Å². The van der Waals surface area contributed by atoms with Gasteiger partial charge >= 0.3 is 0 Å². The van der Waals surface area contributed by atoms with Gasteiger partial charge in [0.1, 0.15) is 6.54 Å². The van der Waals surface area contributed by atoms with Crippen LogP contribution in [0, 0.1) is 5.92 Å². The first-order valence-corrected chi connectivity index (χ1v) is 6.73. The average Bonchev–Trinajstić information content (AvgIpc) is 2.72. The number of alkyl halides is 2. The number of aromatic nitrogens is 2. The van der Waals surface area contributed by atoms with E-state index in [1.54, 1.807) is 12.4 Å². The SMILES string of the molecule is CC1CN(C)C(C)CC1Nc1cnn(CC(F)F)c1. The summed E-state index contributed by atoms with van der Waals surface area (Å²) in [6, 6.07) is 0.903. The maximum absolute atomic E-state index is 12.3. The summed E-state index contributed by atoms with van der Waals surface area (Å²) in [5.74, 6) is 0.527. The first kappa shape index (κ1) is 14.2. The molecule has 6 heteroatoms. The summed E-state index contributed by atoms with van der Waals surface area (Å²) in [4.78, 5) is 2.35. The summed E-state index contributed by atoms with van der Waals surface area (Å²) in [7, 11) is 2.14. The maximum atomic E-state index is 12.3. The number of hydrogen-bond acceptors (Lipinski definition) is 3. The Labute approximate surface area is 112 Å². The molecule has 1 aliphatic rings. The van der Waals surface area contributed by atoms with Gasteiger partial charge < -0.3 is 10.2 Å². The number of hydrogen-bond donors (Lipinski definition) is 1. The van der Waals surface area contributed by atoms with Gasteiger partial charge in [-0.25, -0.2) is 8.78 Å². The molecule has 1 aliphatic heterocycles. The van der Waals surface area contributed by atoms with Crippen molar-refractivity contribution in [3.8, 4) is 0 Å². The number of nitrogens with zero attached hydrogens (tertiary/aromatic N) is 3. The van der Waals surface area contributed by atoms with Crippen LogP contribution in [0.15, 0.2) is 12.4 Å². The van der Waals surface area contributed by atoms with Crippen LogP contribution in [-0.4, -0.2) is 46.8 Å². The highest BCUT2D eigenvalue weighted by Gasteiger charge is 2.28. The van der Waals surface area contributed by atoms with Crippen molar-refractivity contribution < 1.29 is 8.78 Å². The van der Waals surface area contributed by atoms with Gasteiger partial charge in [-0.05, 0) is 26.3 Å². The summed E-state index contributed by atoms with van der Waals surface area (Å²) in [5, 5.41) is 7.36. The lowest BCUT2D eigenvalue weighted by atomic mass is 9.90. The van der Waals surface area contributed by atoms with E-state index in [-0.39, 0.29) is 6.54 Å². The van der Waals surface area contributed by atoms with Crippen molar-refractivity contribution in [3.63, 3.8) is 0 Å². The third-order valence-electron chi connectivity index (χ3n) is 3.92. The molecule has 0 saturated carbocycles. The number of nitrogens with one attached hydrogen (secondary N) is 1. The van der Waals surface area contributed by atoms with Crippen LogP contribution in [0.2, 0.25) is 0 Å². The summed E-state index contributed by atoms with van der Waals surface area (Å²) >= 11 is 0. The zero-order valence-electron chi connectivity index (χ0n) is 11.7. The van der Waals surface area contributed by atoms with Crippen LogP contribution in [-0.2, 0) is 6.54 Å². The fraction of sp³-hybridized carbons (Fsp3) is 0.769. The fourth-order valence-electron chi connectivity index (χ4n) is 2.64. The van der Waals surface area contributed by atoms with Gasteiger partial charge in [0.25, 0.3) is 6.43 Å². The molecular weight excluding hydrogens is 250 g/mol. The summed E-state index contributed by atoms with van der Waals surface area (Å²) < 4.78 is 25.8. The number of halogens is 2. The Hall–Kier alpha value is -1.17. The highest BCUT2D eigenvalue weighted by molar-refractivity contribution is 5.39. The van der Waals surface area contributed by atoms with Crippen molar-refractivity contribution in [1.82, 2.24) is 14.7 Å². The lowest BCUT2D eigenvalue weighted by molar-refractivity contribution is 0.122. The molecule has 0 bridgehead atoms. The molecule has 1 N–H and O–H groups in total. The van der Waals surface area contributed by atoms with Crippen LogP contribution in [0.25, 0.3) is 0 Å². The zero-order chi connectivity index (χ0) is 14.0. The summed E-state index contributed by atoms with van der Waals surface area (Å²) in [6.07, 6.45) is 1.97. The van der Waals surface area contributed by atoms with E-state index in [4.69, 9.17) is 0 Å². The van der Waals surface area contributed by atoms with E-state index in [0.29, 0.717) is 18.0 Å². The maximum Gasteiger partial charge on any atom is 0.257 e. The summed E-state index contributed by atoms with van der Waals surface area (Å²) in [6.45, 7) is 5.12. The molecule has 3 atom stereocenters. The molecule has 0 aliphatic carbocycles. The molecule has 2 rings (SSSR count). The third-order valence-corrected chi connectivity index (χ3v) is 3.92. The molecule has 4 nitrogen and oxygen atoms in total. The van der Waals surface area contributed by atoms with Gasteiger partial charge in [-0.15, -0.1) is 0 Å². The van der Waals surface area contributed by atoms with E-state index in [0.717, 1.165) is 18.7 Å². The van der Waals surface area contributed by atoms with E-state index >= 15 is 0 Å². The standard InChI is InChI=1S/C13H22F2N4/c1-9-6-18(3)10(2)4-12(9)17-11-5-16-19(7-11)8-13(14)15/h5,7,9-10,12-13,17H,4,6,8H2,1-3H3. The fourth-order valence-corrected chi connectivity index (χ4v) is 2.64. The molecule has 0 amide bonds. The largest absolute Gasteiger partial charge is 0.379 e. The van der Waals surface area contributed by atoms with E-state index in [9.17, 15) is 8.78 Å². The second-order valence-electron chi connectivity index (χ2n) is 5.59. The van der Waals surface area contributed by atoms with E-state index in [1.807, 2.05) is 0 Å². The van der Waals surface area contributed by atoms with Gasteiger partial charge in [0.2, 0.25) is 0 Å². The molecular formula is C13H22F2N4. The lowest BCUT2D eigenvalue weighted by Gasteiger charge is -2.40. The minimum Gasteiger partial charge on any atom is -0.379 e. The number of likely N-dealkylation sites (tertiary alicyclic amines) is 1. The average molecular weight is 272 g/mol. The predicted octanol–water partition coefficient (Wildman–Crippen LogP) is 2.29. The molecule has 19 heavy (non-hydrogen) atoms. The number of rotatable bonds is 4. The monoisotopic (exact) mass is 272 g/mol. The number of piperidine rings is 1. The first-order valence-electron chi connectivity index (χ1n) is 6.73. The molecule has 3 unspecified atom stereocenters. The normalized spacial score (nSPS) is 28.8. The van der Waals surface area contributed by atoms with E-state index < -0.39 is 6.43 Å². The van der Waals surface area contributed by atoms with Crippen molar-refractivity contribution in [2.45, 2.75) is 45.3 Å². The molecule has 1 aromatic rings. The van der Waals surface area contributed by atoms with Crippen molar-refractivity contribution in [2.75, 3.05) is 18.9 Å². The predicted molar refractivity (Wildman–Crippen MR) is 71.5 cm³/mol. The smallest absolute Gasteiger partial charge is 0.257 e. The lowest BCUT2D eigenvalue weighted by Crippen LogP contribution is -2.48. The zero-order valence-corrected chi connectivity index (χ0v) is 11.7. The van der Waals surface area contributed by atoms with Gasteiger partial charge in [0.15, 0.2) is 0 Å². The molecule has 1 fully saturated rings. The molecule has 108 valence electrons. The van der Waals surface area contributed by atoms with Crippen LogP contribution in [0.3, 0.4) is 0 Å². The highest BCUT2D eigenvalue weighted by Crippen LogP contribution is 2.24. The Balaban J connectivity index is 1.95. The Morgan fingerprint density at radius 3 is 2.89 bits per heavy atom. The minimum absolute atomic E-state index is 0.346. The van der Waals surface area contributed by atoms with E-state index in [1.165, 1.54) is 4.68 Å². The second-order valence-corrected chi connectivity index (χ2v) is 5.59. The Morgan fingerprint density at radius 2 is 2.21 bits per heavy atom. The quantitative estimate of drug-likeness (QED) is 0.913. The Morgan fingerprint density at radius 1 is 1.47 bits per heavy atom. The topological polar surface area (TPSA) is 33.1 Å². The molecule has 1 saturated heterocycles. The van der Waals surface area contributed by atoms with Crippen molar-refractivity contribution in [3.05, 3.63) is 12.4 Å². The summed E-state index contributed by atoms with van der Waals surface area (Å²) in [5.41, 5.74) is 0.828. The van der Waals surface area contributed by atoms with Gasteiger partial charge in [-0.3, -0.25) is 4.68 Å². The van der Waals surface area contributed by atoms with Gasteiger partial charge in [-0.2, -0.15) is 5.10 Å². The van der Waals surface area contributed by atoms with Crippen LogP contribution < -0.4 is 5.32 Å². The Bertz CT molecular complexity index is 407. The highest BCUT2D eigenvalue weighted by atomic mass is 19.3. The van der Waals surface area contributed by atoms with Crippen molar-refractivity contribution >= 4 is 5.69 Å². The third kappa shape index (κ3) is 3.65. The van der Waals surface area contributed by atoms with Crippen molar-refractivity contribution in [2.24, 2.45) is 5.92 Å². The molecule has 2 heterocycles. The van der Waals surface area contributed by atoms with Crippen LogP contribution >= 0.6 is 0 Å². The molecule has 0 aromatic carbocycles. The molecule has 0 spiro atoms. The van der Waals surface area contributed by atoms with Gasteiger partial charge in [0.05, 0.1) is 11.9 Å². The van der Waals surface area contributed by atoms with Crippen LogP contribution in [0.4, 0.5) is 14.5 Å². The molecule has 0 radical (unpaired) electrons. The minimum atomic E-state index is -2.37. The Kier molecular flexibility index (Phi) is 4.39. The van der Waals surface area contributed by atoms with E-state index in [2.05, 4.69) is 36.2 Å². The van der Waals surface area contributed by atoms with Crippen LogP contribution in [0.5, 0.6) is 0 Å².